The van der Waals surface area contributed by atoms with Gasteiger partial charge in [-0.2, -0.15) is 4.98 Å². The van der Waals surface area contributed by atoms with Crippen LogP contribution in [0.5, 0.6) is 0 Å². The van der Waals surface area contributed by atoms with Gasteiger partial charge in [0, 0.05) is 12.1 Å². The molecule has 104 valence electrons. The third-order valence-corrected chi connectivity index (χ3v) is 3.51. The standard InChI is InChI=1S/C14H15N3O3/c1-9-4-6-10(7-5-9)12-15-14(20-16-12)17-8-2-3-11(17)13(18)19/h4-7,11H,2-3,8H2,1H3,(H,18,19)/t11-/m1/s1. The number of hydrogen-bond acceptors (Lipinski definition) is 5. The number of carboxylic acids is 1. The summed E-state index contributed by atoms with van der Waals surface area (Å²) in [5, 5.41) is 13.1. The van der Waals surface area contributed by atoms with E-state index in [1.54, 1.807) is 4.90 Å². The van der Waals surface area contributed by atoms with Crippen molar-refractivity contribution in [3.05, 3.63) is 29.8 Å². The monoisotopic (exact) mass is 273 g/mol. The number of nitrogens with zero attached hydrogens (tertiary/aromatic N) is 3. The van der Waals surface area contributed by atoms with Crippen molar-refractivity contribution >= 4 is 12.0 Å². The van der Waals surface area contributed by atoms with Crippen LogP contribution in [-0.4, -0.2) is 33.8 Å². The van der Waals surface area contributed by atoms with Gasteiger partial charge in [0.05, 0.1) is 0 Å². The molecule has 1 aromatic heterocycles. The average molecular weight is 273 g/mol. The van der Waals surface area contributed by atoms with Crippen LogP contribution in [0, 0.1) is 6.92 Å². The van der Waals surface area contributed by atoms with Gasteiger partial charge >= 0.3 is 12.0 Å². The van der Waals surface area contributed by atoms with Crippen molar-refractivity contribution in [1.29, 1.82) is 0 Å². The molecule has 1 N–H and O–H groups in total. The number of aliphatic carboxylic acids is 1. The Hall–Kier alpha value is -2.37. The molecule has 0 amide bonds. The molecule has 1 fully saturated rings. The van der Waals surface area contributed by atoms with Crippen LogP contribution in [0.3, 0.4) is 0 Å². The first-order chi connectivity index (χ1) is 9.65. The zero-order chi connectivity index (χ0) is 14.1. The smallest absolute Gasteiger partial charge is 0.326 e. The van der Waals surface area contributed by atoms with Crippen molar-refractivity contribution in [3.63, 3.8) is 0 Å². The molecule has 0 saturated carbocycles. The van der Waals surface area contributed by atoms with Crippen LogP contribution in [0.15, 0.2) is 28.8 Å². The summed E-state index contributed by atoms with van der Waals surface area (Å²) in [5.41, 5.74) is 2.01. The van der Waals surface area contributed by atoms with E-state index in [-0.39, 0.29) is 6.01 Å². The Morgan fingerprint density at radius 3 is 2.85 bits per heavy atom. The maximum absolute atomic E-state index is 11.2. The first-order valence-electron chi connectivity index (χ1n) is 6.55. The summed E-state index contributed by atoms with van der Waals surface area (Å²) < 4.78 is 5.22. The molecule has 0 aliphatic carbocycles. The lowest BCUT2D eigenvalue weighted by Crippen LogP contribution is -2.36. The number of carbonyl (C=O) groups is 1. The molecule has 6 nitrogen and oxygen atoms in total. The van der Waals surface area contributed by atoms with E-state index in [2.05, 4.69) is 10.1 Å². The van der Waals surface area contributed by atoms with Gasteiger partial charge in [-0.25, -0.2) is 4.79 Å². The van der Waals surface area contributed by atoms with Gasteiger partial charge < -0.3 is 14.5 Å². The number of benzene rings is 1. The van der Waals surface area contributed by atoms with E-state index in [9.17, 15) is 4.79 Å². The molecule has 2 heterocycles. The number of hydrogen-bond donors (Lipinski definition) is 1. The molecule has 3 rings (SSSR count). The fourth-order valence-electron chi connectivity index (χ4n) is 2.40. The Balaban J connectivity index is 1.86. The van der Waals surface area contributed by atoms with Crippen molar-refractivity contribution in [1.82, 2.24) is 10.1 Å². The van der Waals surface area contributed by atoms with Gasteiger partial charge in [-0.3, -0.25) is 0 Å². The molecule has 1 atom stereocenters. The van der Waals surface area contributed by atoms with Gasteiger partial charge in [-0.1, -0.05) is 35.0 Å². The van der Waals surface area contributed by atoms with E-state index in [1.807, 2.05) is 31.2 Å². The van der Waals surface area contributed by atoms with Crippen LogP contribution >= 0.6 is 0 Å². The normalized spacial score (nSPS) is 18.4. The van der Waals surface area contributed by atoms with Gasteiger partial charge in [0.1, 0.15) is 6.04 Å². The van der Waals surface area contributed by atoms with Crippen molar-refractivity contribution in [2.45, 2.75) is 25.8 Å². The van der Waals surface area contributed by atoms with Gasteiger partial charge in [-0.15, -0.1) is 0 Å². The first kappa shape index (κ1) is 12.7. The second-order valence-electron chi connectivity index (χ2n) is 4.96. The maximum Gasteiger partial charge on any atom is 0.326 e. The third kappa shape index (κ3) is 2.24. The molecule has 1 aliphatic rings. The quantitative estimate of drug-likeness (QED) is 0.922. The van der Waals surface area contributed by atoms with Crippen LogP contribution < -0.4 is 4.90 Å². The topological polar surface area (TPSA) is 79.5 Å². The highest BCUT2D eigenvalue weighted by atomic mass is 16.5. The summed E-state index contributed by atoms with van der Waals surface area (Å²) in [6.45, 7) is 2.64. The molecule has 1 saturated heterocycles. The Morgan fingerprint density at radius 2 is 2.15 bits per heavy atom. The highest BCUT2D eigenvalue weighted by Gasteiger charge is 2.34. The number of aryl methyl sites for hydroxylation is 1. The van der Waals surface area contributed by atoms with Crippen molar-refractivity contribution in [3.8, 4) is 11.4 Å². The molecule has 2 aromatic rings. The average Bonchev–Trinajstić information content (AvgIpc) is 3.08. The molecular weight excluding hydrogens is 258 g/mol. The second kappa shape index (κ2) is 4.96. The Bertz CT molecular complexity index is 621. The minimum atomic E-state index is -0.849. The van der Waals surface area contributed by atoms with Crippen LogP contribution in [0.2, 0.25) is 0 Å². The molecule has 0 spiro atoms. The molecule has 0 radical (unpaired) electrons. The van der Waals surface area contributed by atoms with E-state index < -0.39 is 12.0 Å². The molecule has 1 aromatic carbocycles. The summed E-state index contributed by atoms with van der Waals surface area (Å²) in [6, 6.07) is 7.50. The minimum absolute atomic E-state index is 0.283. The number of rotatable bonds is 3. The van der Waals surface area contributed by atoms with E-state index in [4.69, 9.17) is 9.63 Å². The van der Waals surface area contributed by atoms with E-state index in [0.29, 0.717) is 18.8 Å². The molecule has 1 aliphatic heterocycles. The zero-order valence-electron chi connectivity index (χ0n) is 11.1. The third-order valence-electron chi connectivity index (χ3n) is 3.51. The van der Waals surface area contributed by atoms with Gasteiger partial charge in [0.15, 0.2) is 0 Å². The van der Waals surface area contributed by atoms with Crippen LogP contribution in [0.25, 0.3) is 11.4 Å². The fourth-order valence-corrected chi connectivity index (χ4v) is 2.40. The first-order valence-corrected chi connectivity index (χ1v) is 6.55. The predicted molar refractivity (Wildman–Crippen MR) is 72.5 cm³/mol. The molecular formula is C14H15N3O3. The van der Waals surface area contributed by atoms with Crippen molar-refractivity contribution in [2.24, 2.45) is 0 Å². The number of anilines is 1. The van der Waals surface area contributed by atoms with Crippen LogP contribution in [0.4, 0.5) is 6.01 Å². The second-order valence-corrected chi connectivity index (χ2v) is 4.96. The lowest BCUT2D eigenvalue weighted by molar-refractivity contribution is -0.138. The van der Waals surface area contributed by atoms with Gasteiger partial charge in [0.25, 0.3) is 0 Å². The highest BCUT2D eigenvalue weighted by Crippen LogP contribution is 2.26. The van der Waals surface area contributed by atoms with Crippen molar-refractivity contribution < 1.29 is 14.4 Å². The summed E-state index contributed by atoms with van der Waals surface area (Å²) in [5.74, 6) is -0.367. The maximum atomic E-state index is 11.2. The SMILES string of the molecule is Cc1ccc(-c2noc(N3CCC[C@@H]3C(=O)O)n2)cc1. The zero-order valence-corrected chi connectivity index (χ0v) is 11.1. The van der Waals surface area contributed by atoms with Crippen LogP contribution in [-0.2, 0) is 4.79 Å². The molecule has 0 bridgehead atoms. The number of carboxylic acid groups (broad SMARTS) is 1. The molecule has 6 heteroatoms. The molecule has 0 unspecified atom stereocenters. The van der Waals surface area contributed by atoms with E-state index >= 15 is 0 Å². The number of aromatic nitrogens is 2. The highest BCUT2D eigenvalue weighted by molar-refractivity contribution is 5.78. The van der Waals surface area contributed by atoms with Crippen LogP contribution in [0.1, 0.15) is 18.4 Å². The lowest BCUT2D eigenvalue weighted by atomic mass is 10.1. The minimum Gasteiger partial charge on any atom is -0.480 e. The Kier molecular flexibility index (Phi) is 3.14. The Labute approximate surface area is 116 Å². The summed E-state index contributed by atoms with van der Waals surface area (Å²) in [4.78, 5) is 17.1. The fraction of sp³-hybridized carbons (Fsp3) is 0.357. The molecule has 20 heavy (non-hydrogen) atoms. The summed E-state index contributed by atoms with van der Waals surface area (Å²) in [6.07, 6.45) is 1.43. The summed E-state index contributed by atoms with van der Waals surface area (Å²) in [7, 11) is 0. The summed E-state index contributed by atoms with van der Waals surface area (Å²) >= 11 is 0. The van der Waals surface area contributed by atoms with E-state index in [1.165, 1.54) is 0 Å². The predicted octanol–water partition coefficient (Wildman–Crippen LogP) is 2.10. The van der Waals surface area contributed by atoms with Gasteiger partial charge in [0.2, 0.25) is 5.82 Å². The van der Waals surface area contributed by atoms with Crippen molar-refractivity contribution in [2.75, 3.05) is 11.4 Å². The largest absolute Gasteiger partial charge is 0.480 e. The Morgan fingerprint density at radius 1 is 1.40 bits per heavy atom. The van der Waals surface area contributed by atoms with E-state index in [0.717, 1.165) is 17.5 Å². The van der Waals surface area contributed by atoms with Gasteiger partial charge in [-0.05, 0) is 19.8 Å². The lowest BCUT2D eigenvalue weighted by Gasteiger charge is -2.17.